The summed E-state index contributed by atoms with van der Waals surface area (Å²) >= 11 is 6.16. The molecule has 0 saturated heterocycles. The van der Waals surface area contributed by atoms with Gasteiger partial charge in [-0.1, -0.05) is 35.9 Å². The fourth-order valence-electron chi connectivity index (χ4n) is 3.01. The lowest BCUT2D eigenvalue weighted by Gasteiger charge is -2.27. The summed E-state index contributed by atoms with van der Waals surface area (Å²) in [5.74, 6) is -0.297. The molecule has 0 unspecified atom stereocenters. The van der Waals surface area contributed by atoms with Gasteiger partial charge in [0.15, 0.2) is 0 Å². The highest BCUT2D eigenvalue weighted by Crippen LogP contribution is 2.30. The van der Waals surface area contributed by atoms with Crippen molar-refractivity contribution >= 4 is 23.2 Å². The van der Waals surface area contributed by atoms with Crippen LogP contribution in [0.2, 0.25) is 5.02 Å². The molecule has 1 aliphatic carbocycles. The zero-order valence-electron chi connectivity index (χ0n) is 14.3. The van der Waals surface area contributed by atoms with Crippen LogP contribution in [0.4, 0.5) is 10.1 Å². The van der Waals surface area contributed by atoms with Gasteiger partial charge in [-0.2, -0.15) is 0 Å². The van der Waals surface area contributed by atoms with Crippen molar-refractivity contribution in [1.29, 1.82) is 0 Å². The summed E-state index contributed by atoms with van der Waals surface area (Å²) in [6.07, 6.45) is 2.08. The molecule has 1 saturated carbocycles. The van der Waals surface area contributed by atoms with E-state index >= 15 is 0 Å². The quantitative estimate of drug-likeness (QED) is 0.726. The maximum atomic E-state index is 14.1. The number of amides is 1. The lowest BCUT2D eigenvalue weighted by molar-refractivity contribution is -0.120. The highest BCUT2D eigenvalue weighted by molar-refractivity contribution is 6.31. The van der Waals surface area contributed by atoms with Crippen molar-refractivity contribution in [3.05, 3.63) is 64.9 Å². The standard InChI is InChI=1S/C20H22ClFN2O/c1-2-24(16-7-4-3-5-8-16)20(25)14-23(15-11-12-15)13-17-18(21)9-6-10-19(17)22/h3-10,15H,2,11-14H2,1H3. The number of hydrogen-bond donors (Lipinski definition) is 0. The Bertz CT molecular complexity index is 713. The van der Waals surface area contributed by atoms with Gasteiger partial charge >= 0.3 is 0 Å². The van der Waals surface area contributed by atoms with Gasteiger partial charge < -0.3 is 4.90 Å². The zero-order chi connectivity index (χ0) is 17.8. The van der Waals surface area contributed by atoms with Crippen LogP contribution in [-0.4, -0.2) is 29.9 Å². The van der Waals surface area contributed by atoms with Crippen molar-refractivity contribution in [3.8, 4) is 0 Å². The number of nitrogens with zero attached hydrogens (tertiary/aromatic N) is 2. The maximum Gasteiger partial charge on any atom is 0.241 e. The third-order valence-corrected chi connectivity index (χ3v) is 4.86. The number of halogens is 2. The van der Waals surface area contributed by atoms with Crippen molar-refractivity contribution in [2.75, 3.05) is 18.0 Å². The summed E-state index contributed by atoms with van der Waals surface area (Å²) in [7, 11) is 0. The van der Waals surface area contributed by atoms with E-state index in [4.69, 9.17) is 11.6 Å². The summed E-state index contributed by atoms with van der Waals surface area (Å²) in [4.78, 5) is 16.6. The molecule has 0 aliphatic heterocycles. The second kappa shape index (κ2) is 7.98. The van der Waals surface area contributed by atoms with Gasteiger partial charge in [-0.3, -0.25) is 9.69 Å². The molecule has 0 atom stereocenters. The monoisotopic (exact) mass is 360 g/mol. The first-order valence-electron chi connectivity index (χ1n) is 8.62. The van der Waals surface area contributed by atoms with E-state index in [1.165, 1.54) is 6.07 Å². The van der Waals surface area contributed by atoms with Crippen LogP contribution in [0.15, 0.2) is 48.5 Å². The molecule has 132 valence electrons. The molecule has 0 N–H and O–H groups in total. The van der Waals surface area contributed by atoms with Gasteiger partial charge in [0.25, 0.3) is 0 Å². The smallest absolute Gasteiger partial charge is 0.241 e. The molecule has 3 nitrogen and oxygen atoms in total. The number of carbonyl (C=O) groups excluding carboxylic acids is 1. The number of hydrogen-bond acceptors (Lipinski definition) is 2. The molecule has 1 aliphatic rings. The SMILES string of the molecule is CCN(C(=O)CN(Cc1c(F)cccc1Cl)C1CC1)c1ccccc1. The average Bonchev–Trinajstić information content (AvgIpc) is 3.44. The first kappa shape index (κ1) is 17.9. The van der Waals surface area contributed by atoms with Gasteiger partial charge in [-0.05, 0) is 44.0 Å². The van der Waals surface area contributed by atoms with Crippen LogP contribution >= 0.6 is 11.6 Å². The van der Waals surface area contributed by atoms with Crippen molar-refractivity contribution < 1.29 is 9.18 Å². The third kappa shape index (κ3) is 4.39. The summed E-state index contributed by atoms with van der Waals surface area (Å²) in [6.45, 7) is 3.17. The first-order chi connectivity index (χ1) is 12.1. The first-order valence-corrected chi connectivity index (χ1v) is 9.00. The maximum absolute atomic E-state index is 14.1. The molecule has 0 radical (unpaired) electrons. The Hall–Kier alpha value is -1.91. The molecule has 1 fully saturated rings. The molecule has 0 aromatic heterocycles. The molecule has 1 amide bonds. The van der Waals surface area contributed by atoms with E-state index in [0.29, 0.717) is 29.7 Å². The average molecular weight is 361 g/mol. The summed E-state index contributed by atoms with van der Waals surface area (Å²) in [5.41, 5.74) is 1.35. The fraction of sp³-hybridized carbons (Fsp3) is 0.350. The Kier molecular flexibility index (Phi) is 5.71. The number of anilines is 1. The van der Waals surface area contributed by atoms with Crippen LogP contribution in [0.3, 0.4) is 0 Å². The van der Waals surface area contributed by atoms with E-state index in [-0.39, 0.29) is 18.3 Å². The van der Waals surface area contributed by atoms with E-state index in [1.807, 2.05) is 42.2 Å². The summed E-state index contributed by atoms with van der Waals surface area (Å²) < 4.78 is 14.1. The van der Waals surface area contributed by atoms with Crippen molar-refractivity contribution in [1.82, 2.24) is 4.90 Å². The van der Waals surface area contributed by atoms with Gasteiger partial charge in [0.1, 0.15) is 5.82 Å². The molecule has 0 heterocycles. The molecule has 2 aromatic carbocycles. The Morgan fingerprint density at radius 2 is 1.88 bits per heavy atom. The van der Waals surface area contributed by atoms with Crippen molar-refractivity contribution in [2.45, 2.75) is 32.4 Å². The normalized spacial score (nSPS) is 13.9. The zero-order valence-corrected chi connectivity index (χ0v) is 15.0. The lowest BCUT2D eigenvalue weighted by Crippen LogP contribution is -2.41. The van der Waals surface area contributed by atoms with Gasteiger partial charge in [-0.25, -0.2) is 4.39 Å². The molecule has 25 heavy (non-hydrogen) atoms. The molecular formula is C20H22ClFN2O. The number of rotatable bonds is 7. The summed E-state index contributed by atoms with van der Waals surface area (Å²) in [5, 5.41) is 0.411. The second-order valence-electron chi connectivity index (χ2n) is 6.31. The van der Waals surface area contributed by atoms with Gasteiger partial charge in [-0.15, -0.1) is 0 Å². The number of carbonyl (C=O) groups is 1. The van der Waals surface area contributed by atoms with Gasteiger partial charge in [0, 0.05) is 35.4 Å². The van der Waals surface area contributed by atoms with Crippen LogP contribution in [0.25, 0.3) is 0 Å². The van der Waals surface area contributed by atoms with E-state index in [0.717, 1.165) is 18.5 Å². The van der Waals surface area contributed by atoms with Crippen LogP contribution in [-0.2, 0) is 11.3 Å². The van der Waals surface area contributed by atoms with Gasteiger partial charge in [0.05, 0.1) is 6.54 Å². The number of likely N-dealkylation sites (N-methyl/N-ethyl adjacent to an activating group) is 1. The Balaban J connectivity index is 1.74. The van der Waals surface area contributed by atoms with Crippen LogP contribution in [0, 0.1) is 5.82 Å². The van der Waals surface area contributed by atoms with Crippen LogP contribution < -0.4 is 4.90 Å². The van der Waals surface area contributed by atoms with E-state index in [1.54, 1.807) is 17.0 Å². The third-order valence-electron chi connectivity index (χ3n) is 4.51. The molecular weight excluding hydrogens is 339 g/mol. The second-order valence-corrected chi connectivity index (χ2v) is 6.72. The minimum Gasteiger partial charge on any atom is -0.312 e. The minimum atomic E-state index is -0.319. The Labute approximate surface area is 153 Å². The van der Waals surface area contributed by atoms with Crippen molar-refractivity contribution in [2.24, 2.45) is 0 Å². The highest BCUT2D eigenvalue weighted by Gasteiger charge is 2.32. The van der Waals surface area contributed by atoms with E-state index in [2.05, 4.69) is 0 Å². The minimum absolute atomic E-state index is 0.0214. The Morgan fingerprint density at radius 3 is 2.48 bits per heavy atom. The van der Waals surface area contributed by atoms with Gasteiger partial charge in [0.2, 0.25) is 5.91 Å². The highest BCUT2D eigenvalue weighted by atomic mass is 35.5. The molecule has 5 heteroatoms. The number of benzene rings is 2. The van der Waals surface area contributed by atoms with Crippen LogP contribution in [0.1, 0.15) is 25.3 Å². The van der Waals surface area contributed by atoms with E-state index in [9.17, 15) is 9.18 Å². The topological polar surface area (TPSA) is 23.6 Å². The van der Waals surface area contributed by atoms with Crippen molar-refractivity contribution in [3.63, 3.8) is 0 Å². The largest absolute Gasteiger partial charge is 0.312 e. The predicted molar refractivity (Wildman–Crippen MR) is 99.3 cm³/mol. The molecule has 0 bridgehead atoms. The van der Waals surface area contributed by atoms with Crippen LogP contribution in [0.5, 0.6) is 0 Å². The predicted octanol–water partition coefficient (Wildman–Crippen LogP) is 4.50. The molecule has 2 aromatic rings. The Morgan fingerprint density at radius 1 is 1.16 bits per heavy atom. The molecule has 3 rings (SSSR count). The molecule has 0 spiro atoms. The summed E-state index contributed by atoms with van der Waals surface area (Å²) in [6, 6.07) is 14.7. The fourth-order valence-corrected chi connectivity index (χ4v) is 3.23. The van der Waals surface area contributed by atoms with E-state index < -0.39 is 0 Å². The number of para-hydroxylation sites is 1. The lowest BCUT2D eigenvalue weighted by atomic mass is 10.2.